The van der Waals surface area contributed by atoms with Crippen LogP contribution in [0.4, 0.5) is 0 Å². The maximum atomic E-state index is 2.32. The van der Waals surface area contributed by atoms with E-state index in [-0.39, 0.29) is 5.41 Å². The Morgan fingerprint density at radius 1 is 0.583 bits per heavy atom. The Bertz CT molecular complexity index is 1020. The van der Waals surface area contributed by atoms with Gasteiger partial charge in [-0.25, -0.2) is 0 Å². The van der Waals surface area contributed by atoms with Crippen LogP contribution in [0.1, 0.15) is 26.3 Å². The van der Waals surface area contributed by atoms with Crippen molar-refractivity contribution in [1.82, 2.24) is 0 Å². The molecule has 0 N–H and O–H groups in total. The van der Waals surface area contributed by atoms with Crippen LogP contribution in [0.3, 0.4) is 0 Å². The zero-order valence-electron chi connectivity index (χ0n) is 14.5. The van der Waals surface area contributed by atoms with Gasteiger partial charge < -0.3 is 0 Å². The zero-order chi connectivity index (χ0) is 16.7. The lowest BCUT2D eigenvalue weighted by Crippen LogP contribution is -2.10. The van der Waals surface area contributed by atoms with Gasteiger partial charge in [0, 0.05) is 0 Å². The Labute approximate surface area is 143 Å². The number of hydrogen-bond donors (Lipinski definition) is 0. The topological polar surface area (TPSA) is 0 Å². The van der Waals surface area contributed by atoms with E-state index in [0.717, 1.165) is 0 Å². The summed E-state index contributed by atoms with van der Waals surface area (Å²) in [6.45, 7) is 6.77. The molecule has 0 saturated heterocycles. The van der Waals surface area contributed by atoms with Gasteiger partial charge in [-0.1, -0.05) is 93.6 Å². The van der Waals surface area contributed by atoms with Crippen molar-refractivity contribution in [1.29, 1.82) is 0 Å². The molecule has 4 rings (SSSR count). The second kappa shape index (κ2) is 5.49. The molecule has 0 aliphatic carbocycles. The highest BCUT2D eigenvalue weighted by Gasteiger charge is 2.14. The molecule has 0 aliphatic rings. The van der Waals surface area contributed by atoms with Crippen molar-refractivity contribution in [3.8, 4) is 11.1 Å². The minimum Gasteiger partial charge on any atom is -0.0616 e. The first kappa shape index (κ1) is 15.0. The molecule has 0 fully saturated rings. The van der Waals surface area contributed by atoms with Gasteiger partial charge in [-0.15, -0.1) is 0 Å². The van der Waals surface area contributed by atoms with Crippen LogP contribution in [0.15, 0.2) is 78.9 Å². The van der Waals surface area contributed by atoms with Crippen molar-refractivity contribution in [3.05, 3.63) is 84.4 Å². The van der Waals surface area contributed by atoms with Gasteiger partial charge in [0.2, 0.25) is 0 Å². The van der Waals surface area contributed by atoms with Crippen LogP contribution in [-0.2, 0) is 5.41 Å². The summed E-state index contributed by atoms with van der Waals surface area (Å²) in [7, 11) is 0. The van der Waals surface area contributed by atoms with Crippen LogP contribution in [0.25, 0.3) is 32.7 Å². The van der Waals surface area contributed by atoms with E-state index in [1.165, 1.54) is 38.2 Å². The Morgan fingerprint density at radius 3 is 1.83 bits per heavy atom. The highest BCUT2D eigenvalue weighted by molar-refractivity contribution is 6.13. The van der Waals surface area contributed by atoms with Crippen LogP contribution in [0.5, 0.6) is 0 Å². The van der Waals surface area contributed by atoms with E-state index in [9.17, 15) is 0 Å². The number of hydrogen-bond acceptors (Lipinski definition) is 0. The average molecular weight is 310 g/mol. The van der Waals surface area contributed by atoms with Gasteiger partial charge in [0.25, 0.3) is 0 Å². The first-order valence-corrected chi connectivity index (χ1v) is 8.55. The van der Waals surface area contributed by atoms with Gasteiger partial charge in [0.15, 0.2) is 0 Å². The van der Waals surface area contributed by atoms with Crippen LogP contribution < -0.4 is 0 Å². The van der Waals surface area contributed by atoms with E-state index in [1.54, 1.807) is 0 Å². The fraction of sp³-hybridized carbons (Fsp3) is 0.167. The molecule has 0 heterocycles. The quantitative estimate of drug-likeness (QED) is 0.333. The highest BCUT2D eigenvalue weighted by Crippen LogP contribution is 2.35. The third-order valence-electron chi connectivity index (χ3n) is 4.83. The van der Waals surface area contributed by atoms with Crippen molar-refractivity contribution < 1.29 is 0 Å². The van der Waals surface area contributed by atoms with Crippen molar-refractivity contribution in [3.63, 3.8) is 0 Å². The predicted octanol–water partition coefficient (Wildman–Crippen LogP) is 6.96. The molecule has 0 saturated carbocycles. The summed E-state index contributed by atoms with van der Waals surface area (Å²) in [6.07, 6.45) is 0. The molecule has 4 aromatic carbocycles. The molecule has 0 bridgehead atoms. The molecule has 24 heavy (non-hydrogen) atoms. The van der Waals surface area contributed by atoms with Gasteiger partial charge in [0.05, 0.1) is 0 Å². The largest absolute Gasteiger partial charge is 0.0616 e. The lowest BCUT2D eigenvalue weighted by Gasteiger charge is -2.19. The van der Waals surface area contributed by atoms with Crippen molar-refractivity contribution in [2.75, 3.05) is 0 Å². The molecule has 0 unspecified atom stereocenters. The van der Waals surface area contributed by atoms with Gasteiger partial charge >= 0.3 is 0 Å². The second-order valence-electron chi connectivity index (χ2n) is 7.52. The molecule has 0 aliphatic heterocycles. The smallest absolute Gasteiger partial charge is 0.00990 e. The van der Waals surface area contributed by atoms with Crippen molar-refractivity contribution in [2.45, 2.75) is 26.2 Å². The predicted molar refractivity (Wildman–Crippen MR) is 106 cm³/mol. The molecule has 0 nitrogen and oxygen atoms in total. The second-order valence-corrected chi connectivity index (χ2v) is 7.52. The summed E-state index contributed by atoms with van der Waals surface area (Å²) in [4.78, 5) is 0. The van der Waals surface area contributed by atoms with E-state index in [0.29, 0.717) is 0 Å². The third kappa shape index (κ3) is 2.49. The van der Waals surface area contributed by atoms with E-state index < -0.39 is 0 Å². The molecule has 0 heteroatoms. The van der Waals surface area contributed by atoms with Crippen LogP contribution in [-0.4, -0.2) is 0 Å². The molecule has 0 amide bonds. The van der Waals surface area contributed by atoms with Crippen LogP contribution in [0.2, 0.25) is 0 Å². The minimum atomic E-state index is 0.185. The third-order valence-corrected chi connectivity index (χ3v) is 4.83. The maximum Gasteiger partial charge on any atom is -0.00990 e. The number of rotatable bonds is 1. The molecule has 4 aromatic rings. The molecular weight excluding hydrogens is 288 g/mol. The fourth-order valence-corrected chi connectivity index (χ4v) is 3.44. The summed E-state index contributed by atoms with van der Waals surface area (Å²) in [5.74, 6) is 0. The van der Waals surface area contributed by atoms with Gasteiger partial charge in [-0.05, 0) is 49.7 Å². The Kier molecular flexibility index (Phi) is 3.42. The average Bonchev–Trinajstić information content (AvgIpc) is 2.60. The zero-order valence-corrected chi connectivity index (χ0v) is 14.5. The van der Waals surface area contributed by atoms with E-state index >= 15 is 0 Å². The first-order chi connectivity index (χ1) is 11.5. The number of benzene rings is 4. The van der Waals surface area contributed by atoms with Gasteiger partial charge in [-0.3, -0.25) is 0 Å². The molecule has 0 radical (unpaired) electrons. The van der Waals surface area contributed by atoms with Gasteiger partial charge in [0.1, 0.15) is 0 Å². The van der Waals surface area contributed by atoms with Crippen molar-refractivity contribution in [2.24, 2.45) is 0 Å². The Morgan fingerprint density at radius 2 is 1.17 bits per heavy atom. The van der Waals surface area contributed by atoms with E-state index in [1.807, 2.05) is 0 Å². The van der Waals surface area contributed by atoms with Crippen LogP contribution in [0, 0.1) is 0 Å². The first-order valence-electron chi connectivity index (χ1n) is 8.55. The summed E-state index contributed by atoms with van der Waals surface area (Å²) in [5.41, 5.74) is 4.15. The molecule has 118 valence electrons. The summed E-state index contributed by atoms with van der Waals surface area (Å²) >= 11 is 0. The molecule has 0 aromatic heterocycles. The van der Waals surface area contributed by atoms with E-state index in [2.05, 4.69) is 99.6 Å². The summed E-state index contributed by atoms with van der Waals surface area (Å²) < 4.78 is 0. The minimum absolute atomic E-state index is 0.185. The SMILES string of the molecule is CC(C)(C)c1ccc(-c2cc3ccccc3c3ccccc23)cc1. The molecule has 0 spiro atoms. The standard InChI is InChI=1S/C24H22/c1-24(2,3)19-14-12-17(13-15-19)23-16-18-8-4-5-9-20(18)21-10-6-7-11-22(21)23/h4-16H,1-3H3. The lowest BCUT2D eigenvalue weighted by molar-refractivity contribution is 0.590. The normalized spacial score (nSPS) is 12.0. The van der Waals surface area contributed by atoms with Crippen LogP contribution >= 0.6 is 0 Å². The fourth-order valence-electron chi connectivity index (χ4n) is 3.44. The Balaban J connectivity index is 1.98. The van der Waals surface area contributed by atoms with E-state index in [4.69, 9.17) is 0 Å². The Hall–Kier alpha value is -2.60. The van der Waals surface area contributed by atoms with Crippen molar-refractivity contribution >= 4 is 21.5 Å². The highest BCUT2D eigenvalue weighted by atomic mass is 14.2. The number of fused-ring (bicyclic) bond motifs is 3. The molecule has 0 atom stereocenters. The lowest BCUT2D eigenvalue weighted by atomic mass is 9.85. The molecular formula is C24H22. The summed E-state index contributed by atoms with van der Waals surface area (Å²) in [6, 6.07) is 28.7. The van der Waals surface area contributed by atoms with Gasteiger partial charge in [-0.2, -0.15) is 0 Å². The maximum absolute atomic E-state index is 2.32. The monoisotopic (exact) mass is 310 g/mol. The summed E-state index contributed by atoms with van der Waals surface area (Å²) in [5, 5.41) is 5.26.